The molecular weight excluding hydrogens is 367 g/mol. The summed E-state index contributed by atoms with van der Waals surface area (Å²) in [7, 11) is 0. The lowest BCUT2D eigenvalue weighted by Gasteiger charge is -2.31. The van der Waals surface area contributed by atoms with Crippen molar-refractivity contribution in [1.82, 2.24) is 0 Å². The van der Waals surface area contributed by atoms with Crippen molar-refractivity contribution < 1.29 is 9.79 Å². The lowest BCUT2D eigenvalue weighted by atomic mass is 9.93. The molecule has 2 nitrogen and oxygen atoms in total. The monoisotopic (exact) mass is 402 g/mol. The van der Waals surface area contributed by atoms with Crippen LogP contribution in [-0.4, -0.2) is 9.79 Å². The minimum atomic E-state index is -3.28. The molecule has 0 aliphatic rings. The maximum atomic E-state index is 9.82. The molecule has 1 atom stereocenters. The van der Waals surface area contributed by atoms with E-state index in [0.29, 0.717) is 0 Å². The topological polar surface area (TPSA) is 40.5 Å². The SMILES string of the molecule is CCCCCCCCCCCCC(C)(SP(O)(O)=S)c1ccccc1. The Balaban J connectivity index is 2.33. The third-order valence-electron chi connectivity index (χ3n) is 4.71. The summed E-state index contributed by atoms with van der Waals surface area (Å²) in [6.45, 7) is 4.35. The highest BCUT2D eigenvalue weighted by molar-refractivity contribution is 8.67. The van der Waals surface area contributed by atoms with Crippen LogP contribution < -0.4 is 0 Å². The highest BCUT2D eigenvalue weighted by atomic mass is 32.9. The molecule has 0 saturated heterocycles. The Hall–Kier alpha value is 0.140. The van der Waals surface area contributed by atoms with Gasteiger partial charge in [-0.05, 0) is 30.7 Å². The van der Waals surface area contributed by atoms with Gasteiger partial charge in [0, 0.05) is 4.75 Å². The van der Waals surface area contributed by atoms with Gasteiger partial charge in [-0.2, -0.15) is 0 Å². The zero-order valence-corrected chi connectivity index (χ0v) is 18.4. The Labute approximate surface area is 163 Å². The Morgan fingerprint density at radius 1 is 0.880 bits per heavy atom. The second-order valence-corrected chi connectivity index (χ2v) is 13.5. The Bertz CT molecular complexity index is 504. The van der Waals surface area contributed by atoms with Gasteiger partial charge in [-0.15, -0.1) is 0 Å². The van der Waals surface area contributed by atoms with E-state index < -0.39 is 5.69 Å². The first-order chi connectivity index (χ1) is 11.9. The summed E-state index contributed by atoms with van der Waals surface area (Å²) in [6, 6.07) is 10.1. The average molecular weight is 403 g/mol. The summed E-state index contributed by atoms with van der Waals surface area (Å²) in [5, 5.41) is 0. The molecule has 0 aromatic heterocycles. The third kappa shape index (κ3) is 10.8. The lowest BCUT2D eigenvalue weighted by molar-refractivity contribution is 0.496. The van der Waals surface area contributed by atoms with Gasteiger partial charge in [0.15, 0.2) is 0 Å². The Kier molecular flexibility index (Phi) is 11.6. The van der Waals surface area contributed by atoms with Crippen LogP contribution in [0.1, 0.15) is 90.0 Å². The first-order valence-corrected chi connectivity index (χ1v) is 13.8. The predicted molar refractivity (Wildman–Crippen MR) is 117 cm³/mol. The molecule has 0 aliphatic carbocycles. The summed E-state index contributed by atoms with van der Waals surface area (Å²) in [6.07, 6.45) is 14.0. The van der Waals surface area contributed by atoms with E-state index in [9.17, 15) is 9.79 Å². The molecule has 0 amide bonds. The molecule has 25 heavy (non-hydrogen) atoms. The minimum absolute atomic E-state index is 0.319. The Morgan fingerprint density at radius 2 is 1.36 bits per heavy atom. The van der Waals surface area contributed by atoms with Gasteiger partial charge in [-0.1, -0.05) is 113 Å². The fraction of sp³-hybridized carbons (Fsp3) is 0.700. The van der Waals surface area contributed by atoms with Crippen LogP contribution in [0.3, 0.4) is 0 Å². The number of hydrogen-bond donors (Lipinski definition) is 2. The van der Waals surface area contributed by atoms with Crippen molar-refractivity contribution in [3.05, 3.63) is 35.9 Å². The fourth-order valence-corrected chi connectivity index (χ4v) is 7.89. The molecule has 0 fully saturated rings. The zero-order valence-electron chi connectivity index (χ0n) is 15.8. The molecule has 1 rings (SSSR count). The summed E-state index contributed by atoms with van der Waals surface area (Å²) in [5.74, 6) is 0. The average Bonchev–Trinajstić information content (AvgIpc) is 2.56. The van der Waals surface area contributed by atoms with Gasteiger partial charge in [-0.25, -0.2) is 0 Å². The van der Waals surface area contributed by atoms with Crippen molar-refractivity contribution in [2.45, 2.75) is 89.2 Å². The molecule has 144 valence electrons. The standard InChI is InChI=1S/C20H35O2PS2/c1-3-4-5-6-7-8-9-10-11-15-18-20(2,25-23(21,22)24)19-16-13-12-14-17-19/h12-14,16-17H,3-11,15,18H2,1-2H3,(H2,21,22,24). The summed E-state index contributed by atoms with van der Waals surface area (Å²) >= 11 is 6.07. The van der Waals surface area contributed by atoms with Crippen molar-refractivity contribution >= 4 is 28.9 Å². The molecular formula is C20H35O2PS2. The largest absolute Gasteiger partial charge is 0.338 e. The first-order valence-electron chi connectivity index (χ1n) is 9.69. The molecule has 0 aliphatic heterocycles. The highest BCUT2D eigenvalue weighted by Crippen LogP contribution is 2.62. The maximum absolute atomic E-state index is 9.82. The van der Waals surface area contributed by atoms with Crippen molar-refractivity contribution in [2.24, 2.45) is 0 Å². The smallest absolute Gasteiger partial charge is 0.242 e. The normalized spacial score (nSPS) is 14.4. The molecule has 2 N–H and O–H groups in total. The molecule has 0 heterocycles. The van der Waals surface area contributed by atoms with Gasteiger partial charge in [-0.3, -0.25) is 0 Å². The van der Waals surface area contributed by atoms with Gasteiger partial charge in [0.05, 0.1) is 0 Å². The van der Waals surface area contributed by atoms with Gasteiger partial charge in [0.1, 0.15) is 0 Å². The molecule has 0 saturated carbocycles. The van der Waals surface area contributed by atoms with E-state index in [-0.39, 0.29) is 4.75 Å². The molecule has 1 aromatic carbocycles. The second-order valence-electron chi connectivity index (χ2n) is 7.11. The van der Waals surface area contributed by atoms with E-state index in [2.05, 4.69) is 26.0 Å². The summed E-state index contributed by atoms with van der Waals surface area (Å²) in [5.41, 5.74) is -2.15. The van der Waals surface area contributed by atoms with E-state index in [1.54, 1.807) is 0 Å². The number of rotatable bonds is 14. The third-order valence-corrected chi connectivity index (χ3v) is 8.39. The van der Waals surface area contributed by atoms with Crippen molar-refractivity contribution in [3.63, 3.8) is 0 Å². The van der Waals surface area contributed by atoms with Crippen LogP contribution in [-0.2, 0) is 16.6 Å². The molecule has 1 unspecified atom stereocenters. The minimum Gasteiger partial charge on any atom is -0.338 e. The summed E-state index contributed by atoms with van der Waals surface area (Å²) in [4.78, 5) is 19.6. The second kappa shape index (κ2) is 12.5. The first kappa shape index (κ1) is 23.2. The van der Waals surface area contributed by atoms with Crippen LogP contribution >= 0.6 is 17.1 Å². The van der Waals surface area contributed by atoms with Gasteiger partial charge < -0.3 is 9.79 Å². The maximum Gasteiger partial charge on any atom is 0.242 e. The Morgan fingerprint density at radius 3 is 1.84 bits per heavy atom. The van der Waals surface area contributed by atoms with E-state index in [1.807, 2.05) is 18.2 Å². The van der Waals surface area contributed by atoms with Gasteiger partial charge in [0.2, 0.25) is 5.69 Å². The highest BCUT2D eigenvalue weighted by Gasteiger charge is 2.32. The van der Waals surface area contributed by atoms with Gasteiger partial charge in [0.25, 0.3) is 0 Å². The van der Waals surface area contributed by atoms with Crippen LogP contribution in [0, 0.1) is 0 Å². The van der Waals surface area contributed by atoms with Crippen LogP contribution in [0.2, 0.25) is 0 Å². The van der Waals surface area contributed by atoms with Crippen LogP contribution in [0.4, 0.5) is 0 Å². The fourth-order valence-electron chi connectivity index (χ4n) is 3.25. The molecule has 0 radical (unpaired) electrons. The van der Waals surface area contributed by atoms with E-state index in [0.717, 1.165) is 18.4 Å². The van der Waals surface area contributed by atoms with E-state index in [4.69, 9.17) is 11.8 Å². The number of benzene rings is 1. The molecule has 5 heteroatoms. The number of unbranched alkanes of at least 4 members (excludes halogenated alkanes) is 9. The summed E-state index contributed by atoms with van der Waals surface area (Å²) < 4.78 is -0.319. The molecule has 1 aromatic rings. The van der Waals surface area contributed by atoms with Crippen molar-refractivity contribution in [2.75, 3.05) is 0 Å². The molecule has 0 spiro atoms. The quantitative estimate of drug-likeness (QED) is 0.256. The predicted octanol–water partition coefficient (Wildman–Crippen LogP) is 7.16. The van der Waals surface area contributed by atoms with Crippen LogP contribution in [0.25, 0.3) is 0 Å². The zero-order chi connectivity index (χ0) is 18.6. The van der Waals surface area contributed by atoms with Gasteiger partial charge >= 0.3 is 0 Å². The van der Waals surface area contributed by atoms with Crippen LogP contribution in [0.5, 0.6) is 0 Å². The van der Waals surface area contributed by atoms with Crippen molar-refractivity contribution in [1.29, 1.82) is 0 Å². The lowest BCUT2D eigenvalue weighted by Crippen LogP contribution is -2.17. The van der Waals surface area contributed by atoms with E-state index >= 15 is 0 Å². The van der Waals surface area contributed by atoms with Crippen LogP contribution in [0.15, 0.2) is 30.3 Å². The number of hydrogen-bond acceptors (Lipinski definition) is 2. The van der Waals surface area contributed by atoms with Crippen molar-refractivity contribution in [3.8, 4) is 0 Å². The van der Waals surface area contributed by atoms with E-state index in [1.165, 1.54) is 69.2 Å². The molecule has 0 bridgehead atoms.